The Kier molecular flexibility index (Phi) is 69.9. The van der Waals surface area contributed by atoms with Crippen LogP contribution in [-0.4, -0.2) is 47.4 Å². The van der Waals surface area contributed by atoms with Gasteiger partial charge in [-0.3, -0.25) is 9.59 Å². The van der Waals surface area contributed by atoms with E-state index in [1.807, 2.05) is 0 Å². The Hall–Kier alpha value is -1.40. The van der Waals surface area contributed by atoms with Crippen molar-refractivity contribution in [1.82, 2.24) is 5.32 Å². The number of carbonyl (C=O) groups excluding carboxylic acids is 2. The number of aliphatic hydroxyl groups is 2. The molecule has 0 spiro atoms. The van der Waals surface area contributed by atoms with Gasteiger partial charge in [-0.1, -0.05) is 379 Å². The van der Waals surface area contributed by atoms with Crippen molar-refractivity contribution in [2.45, 2.75) is 443 Å². The van der Waals surface area contributed by atoms with Crippen LogP contribution in [0.5, 0.6) is 0 Å². The molecule has 0 heterocycles. The standard InChI is InChI=1S/C75H147NO5/c1-3-5-7-9-11-13-15-17-18-19-20-21-22-28-31-34-37-40-44-47-51-55-59-63-67-73(78)72(71-77)76-74(79)68-64-60-56-52-48-45-41-38-35-32-29-26-24-23-25-27-30-33-36-39-42-46-50-54-58-62-66-70-81-75(80)69-65-61-57-53-49-43-16-14-12-10-8-6-4-2/h23-24,72-73,77-78H,3-22,25-71H2,1-2H3,(H,76,79)/b24-23-. The summed E-state index contributed by atoms with van der Waals surface area (Å²) in [6.45, 7) is 5.00. The molecule has 482 valence electrons. The van der Waals surface area contributed by atoms with Crippen LogP contribution in [0.4, 0.5) is 0 Å². The summed E-state index contributed by atoms with van der Waals surface area (Å²) in [7, 11) is 0. The fourth-order valence-electron chi connectivity index (χ4n) is 12.1. The van der Waals surface area contributed by atoms with E-state index in [1.54, 1.807) is 0 Å². The number of aliphatic hydroxyl groups excluding tert-OH is 2. The second kappa shape index (κ2) is 71.1. The van der Waals surface area contributed by atoms with Crippen LogP contribution >= 0.6 is 0 Å². The van der Waals surface area contributed by atoms with Crippen LogP contribution in [0, 0.1) is 0 Å². The molecule has 81 heavy (non-hydrogen) atoms. The summed E-state index contributed by atoms with van der Waals surface area (Å²) in [6.07, 6.45) is 88.5. The molecule has 2 unspecified atom stereocenters. The lowest BCUT2D eigenvalue weighted by Crippen LogP contribution is -2.45. The highest BCUT2D eigenvalue weighted by molar-refractivity contribution is 5.76. The molecular formula is C75H147NO5. The molecule has 0 aliphatic carbocycles. The molecular weight excluding hydrogens is 995 g/mol. The highest BCUT2D eigenvalue weighted by Crippen LogP contribution is 2.20. The molecule has 0 aromatic rings. The number of ether oxygens (including phenoxy) is 1. The number of amides is 1. The van der Waals surface area contributed by atoms with Gasteiger partial charge in [-0.25, -0.2) is 0 Å². The second-order valence-electron chi connectivity index (χ2n) is 26.0. The molecule has 0 bridgehead atoms. The van der Waals surface area contributed by atoms with Crippen molar-refractivity contribution < 1.29 is 24.5 Å². The van der Waals surface area contributed by atoms with E-state index in [-0.39, 0.29) is 18.5 Å². The predicted molar refractivity (Wildman–Crippen MR) is 357 cm³/mol. The third kappa shape index (κ3) is 67.6. The fraction of sp³-hybridized carbons (Fsp3) is 0.947. The lowest BCUT2D eigenvalue weighted by Gasteiger charge is -2.22. The van der Waals surface area contributed by atoms with Crippen molar-refractivity contribution in [2.24, 2.45) is 0 Å². The number of hydrogen-bond donors (Lipinski definition) is 3. The van der Waals surface area contributed by atoms with Gasteiger partial charge in [0, 0.05) is 12.8 Å². The first-order valence-electron chi connectivity index (χ1n) is 37.4. The Bertz CT molecular complexity index is 1220. The van der Waals surface area contributed by atoms with E-state index in [0.717, 1.165) is 38.5 Å². The Morgan fingerprint density at radius 1 is 0.333 bits per heavy atom. The highest BCUT2D eigenvalue weighted by atomic mass is 16.5. The summed E-state index contributed by atoms with van der Waals surface area (Å²) in [5.41, 5.74) is 0. The fourth-order valence-corrected chi connectivity index (χ4v) is 12.1. The zero-order valence-corrected chi connectivity index (χ0v) is 55.3. The van der Waals surface area contributed by atoms with Crippen molar-refractivity contribution in [3.63, 3.8) is 0 Å². The Morgan fingerprint density at radius 2 is 0.580 bits per heavy atom. The number of unbranched alkanes of at least 4 members (excludes halogenated alkanes) is 58. The van der Waals surface area contributed by atoms with Crippen LogP contribution < -0.4 is 5.32 Å². The van der Waals surface area contributed by atoms with E-state index < -0.39 is 12.1 Å². The predicted octanol–water partition coefficient (Wildman–Crippen LogP) is 24.3. The molecule has 0 aliphatic heterocycles. The van der Waals surface area contributed by atoms with Crippen molar-refractivity contribution in [2.75, 3.05) is 13.2 Å². The Labute approximate surface area is 508 Å². The molecule has 2 atom stereocenters. The van der Waals surface area contributed by atoms with Crippen molar-refractivity contribution in [3.8, 4) is 0 Å². The third-order valence-electron chi connectivity index (χ3n) is 17.8. The molecule has 0 saturated carbocycles. The number of rotatable bonds is 71. The van der Waals surface area contributed by atoms with Crippen LogP contribution in [-0.2, 0) is 14.3 Å². The van der Waals surface area contributed by atoms with Gasteiger partial charge in [0.05, 0.1) is 25.4 Å². The van der Waals surface area contributed by atoms with Crippen LogP contribution in [0.2, 0.25) is 0 Å². The highest BCUT2D eigenvalue weighted by Gasteiger charge is 2.20. The van der Waals surface area contributed by atoms with E-state index in [9.17, 15) is 19.8 Å². The van der Waals surface area contributed by atoms with Crippen LogP contribution in [0.1, 0.15) is 431 Å². The molecule has 0 radical (unpaired) electrons. The summed E-state index contributed by atoms with van der Waals surface area (Å²) < 4.78 is 5.49. The lowest BCUT2D eigenvalue weighted by molar-refractivity contribution is -0.143. The quantitative estimate of drug-likeness (QED) is 0.0320. The number of nitrogens with one attached hydrogen (secondary N) is 1. The maximum absolute atomic E-state index is 12.6. The maximum Gasteiger partial charge on any atom is 0.305 e. The molecule has 0 aliphatic rings. The minimum absolute atomic E-state index is 0.0179. The van der Waals surface area contributed by atoms with E-state index in [1.165, 1.54) is 360 Å². The molecule has 0 rings (SSSR count). The van der Waals surface area contributed by atoms with Gasteiger partial charge >= 0.3 is 5.97 Å². The monoisotopic (exact) mass is 1140 g/mol. The van der Waals surface area contributed by atoms with E-state index in [0.29, 0.717) is 25.9 Å². The zero-order valence-electron chi connectivity index (χ0n) is 55.3. The molecule has 1 amide bonds. The lowest BCUT2D eigenvalue weighted by atomic mass is 10.0. The normalized spacial score (nSPS) is 12.5. The third-order valence-corrected chi connectivity index (χ3v) is 17.8. The van der Waals surface area contributed by atoms with E-state index >= 15 is 0 Å². The van der Waals surface area contributed by atoms with Crippen LogP contribution in [0.3, 0.4) is 0 Å². The van der Waals surface area contributed by atoms with Crippen LogP contribution in [0.15, 0.2) is 12.2 Å². The molecule has 0 aromatic carbocycles. The molecule has 0 saturated heterocycles. The summed E-state index contributed by atoms with van der Waals surface area (Å²) in [6, 6.07) is -0.543. The van der Waals surface area contributed by atoms with Gasteiger partial charge in [-0.15, -0.1) is 0 Å². The molecule has 0 aromatic heterocycles. The van der Waals surface area contributed by atoms with Gasteiger partial charge in [0.2, 0.25) is 5.91 Å². The average molecular weight is 1140 g/mol. The first kappa shape index (κ1) is 79.6. The minimum Gasteiger partial charge on any atom is -0.466 e. The van der Waals surface area contributed by atoms with Gasteiger partial charge in [-0.05, 0) is 51.4 Å². The summed E-state index contributed by atoms with van der Waals surface area (Å²) in [5.74, 6) is -0.0122. The number of esters is 1. The molecule has 6 heteroatoms. The van der Waals surface area contributed by atoms with Gasteiger partial charge in [0.15, 0.2) is 0 Å². The van der Waals surface area contributed by atoms with Gasteiger partial charge in [0.25, 0.3) is 0 Å². The summed E-state index contributed by atoms with van der Waals surface area (Å²) in [5, 5.41) is 23.5. The Balaban J connectivity index is 3.38. The smallest absolute Gasteiger partial charge is 0.305 e. The van der Waals surface area contributed by atoms with Crippen molar-refractivity contribution in [1.29, 1.82) is 0 Å². The number of allylic oxidation sites excluding steroid dienone is 2. The first-order valence-corrected chi connectivity index (χ1v) is 37.4. The van der Waals surface area contributed by atoms with Gasteiger partial charge in [-0.2, -0.15) is 0 Å². The molecule has 3 N–H and O–H groups in total. The Morgan fingerprint density at radius 3 is 0.877 bits per heavy atom. The van der Waals surface area contributed by atoms with Crippen molar-refractivity contribution in [3.05, 3.63) is 12.2 Å². The maximum atomic E-state index is 12.6. The topological polar surface area (TPSA) is 95.9 Å². The largest absolute Gasteiger partial charge is 0.466 e. The number of carbonyl (C=O) groups is 2. The summed E-state index contributed by atoms with van der Waals surface area (Å²) >= 11 is 0. The van der Waals surface area contributed by atoms with Crippen LogP contribution in [0.25, 0.3) is 0 Å². The molecule has 0 fully saturated rings. The van der Waals surface area contributed by atoms with E-state index in [4.69, 9.17) is 4.74 Å². The van der Waals surface area contributed by atoms with Gasteiger partial charge < -0.3 is 20.3 Å². The summed E-state index contributed by atoms with van der Waals surface area (Å²) in [4.78, 5) is 24.6. The minimum atomic E-state index is -0.666. The van der Waals surface area contributed by atoms with E-state index in [2.05, 4.69) is 31.3 Å². The second-order valence-corrected chi connectivity index (χ2v) is 26.0. The zero-order chi connectivity index (χ0) is 58.5. The average Bonchev–Trinajstić information content (AvgIpc) is 3.47. The van der Waals surface area contributed by atoms with Gasteiger partial charge in [0.1, 0.15) is 0 Å². The van der Waals surface area contributed by atoms with Crippen molar-refractivity contribution >= 4 is 11.9 Å². The SMILES string of the molecule is CCCCCCCCCCCCCCCCCCCCCCCCCCC(O)C(CO)NC(=O)CCCCCCCCCCCCC/C=C\CCCCCCCCCCCCCCOC(=O)CCCCCCCCCCCCCCC. The first-order chi connectivity index (χ1) is 40.0. The molecule has 6 nitrogen and oxygen atoms in total. The number of hydrogen-bond acceptors (Lipinski definition) is 5.